The lowest BCUT2D eigenvalue weighted by Crippen LogP contribution is -2.28. The van der Waals surface area contributed by atoms with Gasteiger partial charge in [0.15, 0.2) is 0 Å². The first-order valence-electron chi connectivity index (χ1n) is 25.3. The van der Waals surface area contributed by atoms with Gasteiger partial charge >= 0.3 is 0 Å². The molecule has 0 radical (unpaired) electrons. The Morgan fingerprint density at radius 2 is 0.681 bits per heavy atom. The molecule has 3 aliphatic rings. The number of benzene rings is 11. The highest BCUT2D eigenvalue weighted by atomic mass is 15.1. The van der Waals surface area contributed by atoms with Gasteiger partial charge in [-0.2, -0.15) is 0 Å². The average Bonchev–Trinajstić information content (AvgIpc) is 4.01. The summed E-state index contributed by atoms with van der Waals surface area (Å²) in [6.07, 6.45) is 0. The summed E-state index contributed by atoms with van der Waals surface area (Å²) in [5.74, 6) is 0. The summed E-state index contributed by atoms with van der Waals surface area (Å²) >= 11 is 0. The van der Waals surface area contributed by atoms with Crippen molar-refractivity contribution in [1.29, 1.82) is 0 Å². The molecule has 0 saturated heterocycles. The Hall–Kier alpha value is -8.78. The van der Waals surface area contributed by atoms with E-state index in [2.05, 4.69) is 292 Å². The third-order valence-corrected chi connectivity index (χ3v) is 16.4. The van der Waals surface area contributed by atoms with Gasteiger partial charge in [0.2, 0.25) is 0 Å². The molecular weight excluding hydrogens is 867 g/mol. The lowest BCUT2D eigenvalue weighted by atomic mass is 9.67. The fraction of sp³-hybridized carbons (Fsp3) is 0.0704. The van der Waals surface area contributed by atoms with Gasteiger partial charge in [-0.3, -0.25) is 0 Å². The first kappa shape index (κ1) is 42.1. The molecule has 1 heteroatoms. The van der Waals surface area contributed by atoms with E-state index in [4.69, 9.17) is 0 Å². The highest BCUT2D eigenvalue weighted by Crippen LogP contribution is 2.61. The van der Waals surface area contributed by atoms with Crippen LogP contribution < -0.4 is 4.90 Å². The van der Waals surface area contributed by atoms with Crippen LogP contribution in [0.25, 0.3) is 44.5 Å². The smallest absolute Gasteiger partial charge is 0.0714 e. The summed E-state index contributed by atoms with van der Waals surface area (Å²) in [7, 11) is 0. The number of nitrogens with zero attached hydrogens (tertiary/aromatic N) is 1. The van der Waals surface area contributed by atoms with Crippen molar-refractivity contribution in [2.24, 2.45) is 0 Å². The maximum Gasteiger partial charge on any atom is 0.0714 e. The molecule has 11 aromatic carbocycles. The number of rotatable bonds is 8. The largest absolute Gasteiger partial charge is 0.310 e. The molecule has 0 spiro atoms. The lowest BCUT2D eigenvalue weighted by molar-refractivity contribution is 0.660. The molecule has 0 unspecified atom stereocenters. The highest BCUT2D eigenvalue weighted by Gasteiger charge is 2.48. The minimum atomic E-state index is -0.521. The van der Waals surface area contributed by atoms with Crippen molar-refractivity contribution in [3.8, 4) is 44.5 Å². The van der Waals surface area contributed by atoms with Crippen molar-refractivity contribution >= 4 is 17.1 Å². The van der Waals surface area contributed by atoms with Gasteiger partial charge in [0.25, 0.3) is 0 Å². The molecule has 0 bridgehead atoms. The monoisotopic (exact) mass is 917 g/mol. The van der Waals surface area contributed by atoms with Crippen molar-refractivity contribution in [2.75, 3.05) is 4.90 Å². The van der Waals surface area contributed by atoms with Crippen LogP contribution in [0.3, 0.4) is 0 Å². The van der Waals surface area contributed by atoms with Crippen LogP contribution in [0.4, 0.5) is 17.1 Å². The van der Waals surface area contributed by atoms with Gasteiger partial charge in [-0.25, -0.2) is 0 Å². The maximum atomic E-state index is 2.53. The summed E-state index contributed by atoms with van der Waals surface area (Å²) in [4.78, 5) is 2.53. The Morgan fingerprint density at radius 1 is 0.264 bits per heavy atom. The first-order valence-corrected chi connectivity index (χ1v) is 25.3. The van der Waals surface area contributed by atoms with Gasteiger partial charge in [-0.1, -0.05) is 250 Å². The van der Waals surface area contributed by atoms with Crippen LogP contribution >= 0.6 is 0 Å². The van der Waals surface area contributed by atoms with Crippen LogP contribution in [0, 0.1) is 0 Å². The van der Waals surface area contributed by atoms with Crippen molar-refractivity contribution in [3.63, 3.8) is 0 Å². The molecule has 0 heterocycles. The molecule has 72 heavy (non-hydrogen) atoms. The van der Waals surface area contributed by atoms with Crippen LogP contribution in [-0.4, -0.2) is 0 Å². The Bertz CT molecular complexity index is 3790. The summed E-state index contributed by atoms with van der Waals surface area (Å²) in [6.45, 7) is 4.76. The number of hydrogen-bond donors (Lipinski definition) is 0. The van der Waals surface area contributed by atoms with E-state index in [9.17, 15) is 0 Å². The molecule has 3 aliphatic carbocycles. The molecular formula is C71H51N. The molecule has 0 saturated carbocycles. The van der Waals surface area contributed by atoms with E-state index >= 15 is 0 Å². The molecule has 0 aliphatic heterocycles. The van der Waals surface area contributed by atoms with Crippen LogP contribution in [0.15, 0.2) is 273 Å². The standard InChI is InChI=1S/C71H51N/c1-69(2)61-33-18-15-30-56(61)58-44-43-55(47-66(58)69)72(67-37-21-36-65-68(67)59-32-17-20-35-63(59)71(65,52-26-11-5-12-27-52)53-28-13-6-14-29-53)54-41-38-48(39-42-54)49-40-45-64-60(46-49)57-31-16-19-34-62(57)70(64,50-22-7-3-8-23-50)51-24-9-4-10-25-51/h3-47H,1-2H3. The molecule has 0 atom stereocenters. The van der Waals surface area contributed by atoms with Crippen molar-refractivity contribution in [3.05, 3.63) is 329 Å². The Kier molecular flexibility index (Phi) is 9.44. The fourth-order valence-electron chi connectivity index (χ4n) is 13.4. The molecule has 0 fully saturated rings. The van der Waals surface area contributed by atoms with Gasteiger partial charge in [0.1, 0.15) is 0 Å². The summed E-state index contributed by atoms with van der Waals surface area (Å²) in [5.41, 5.74) is 25.4. The third kappa shape index (κ3) is 5.89. The quantitative estimate of drug-likeness (QED) is 0.147. The van der Waals surface area contributed by atoms with Gasteiger partial charge < -0.3 is 4.90 Å². The van der Waals surface area contributed by atoms with E-state index in [0.717, 1.165) is 17.1 Å². The minimum Gasteiger partial charge on any atom is -0.310 e. The number of fused-ring (bicyclic) bond motifs is 9. The van der Waals surface area contributed by atoms with Crippen LogP contribution in [0.5, 0.6) is 0 Å². The van der Waals surface area contributed by atoms with E-state index in [1.165, 1.54) is 100 Å². The minimum absolute atomic E-state index is 0.163. The van der Waals surface area contributed by atoms with Gasteiger partial charge in [-0.15, -0.1) is 0 Å². The fourth-order valence-corrected chi connectivity index (χ4v) is 13.4. The second-order valence-electron chi connectivity index (χ2n) is 20.3. The van der Waals surface area contributed by atoms with Crippen molar-refractivity contribution < 1.29 is 0 Å². The zero-order valence-electron chi connectivity index (χ0n) is 40.4. The number of hydrogen-bond acceptors (Lipinski definition) is 1. The molecule has 14 rings (SSSR count). The molecule has 0 N–H and O–H groups in total. The molecule has 0 aromatic heterocycles. The van der Waals surface area contributed by atoms with E-state index in [0.29, 0.717) is 0 Å². The van der Waals surface area contributed by atoms with E-state index in [1.807, 2.05) is 0 Å². The molecule has 340 valence electrons. The normalized spacial score (nSPS) is 14.6. The van der Waals surface area contributed by atoms with Crippen LogP contribution in [0.1, 0.15) is 69.5 Å². The van der Waals surface area contributed by atoms with E-state index < -0.39 is 10.8 Å². The summed E-state index contributed by atoms with van der Waals surface area (Å²) in [5, 5.41) is 0. The summed E-state index contributed by atoms with van der Waals surface area (Å²) in [6, 6.07) is 102. The first-order chi connectivity index (χ1) is 35.5. The second kappa shape index (κ2) is 16.1. The van der Waals surface area contributed by atoms with E-state index in [1.54, 1.807) is 0 Å². The third-order valence-electron chi connectivity index (χ3n) is 16.4. The SMILES string of the molecule is CC1(C)c2ccccc2-c2ccc(N(c3ccc(-c4ccc5c(c4)-c4ccccc4C5(c4ccccc4)c4ccccc4)cc3)c3cccc4c3-c3ccccc3C4(c3ccccc3)c3ccccc3)cc21. The zero-order chi connectivity index (χ0) is 48.0. The Morgan fingerprint density at radius 3 is 1.26 bits per heavy atom. The topological polar surface area (TPSA) is 3.24 Å². The van der Waals surface area contributed by atoms with Gasteiger partial charge in [-0.05, 0) is 131 Å². The Labute approximate surface area is 423 Å². The lowest BCUT2D eigenvalue weighted by Gasteiger charge is -2.34. The Balaban J connectivity index is 0.960. The maximum absolute atomic E-state index is 2.53. The zero-order valence-corrected chi connectivity index (χ0v) is 40.4. The molecule has 11 aromatic rings. The van der Waals surface area contributed by atoms with Crippen molar-refractivity contribution in [2.45, 2.75) is 30.1 Å². The molecule has 1 nitrogen and oxygen atoms in total. The van der Waals surface area contributed by atoms with Gasteiger partial charge in [0.05, 0.1) is 16.5 Å². The number of anilines is 3. The van der Waals surface area contributed by atoms with Gasteiger partial charge in [0, 0.05) is 22.4 Å². The van der Waals surface area contributed by atoms with E-state index in [-0.39, 0.29) is 5.41 Å². The average molecular weight is 918 g/mol. The second-order valence-corrected chi connectivity index (χ2v) is 20.3. The molecule has 0 amide bonds. The summed E-state index contributed by atoms with van der Waals surface area (Å²) < 4.78 is 0. The highest BCUT2D eigenvalue weighted by molar-refractivity contribution is 5.98. The van der Waals surface area contributed by atoms with Crippen molar-refractivity contribution in [1.82, 2.24) is 0 Å². The predicted octanol–water partition coefficient (Wildman–Crippen LogP) is 17.9. The predicted molar refractivity (Wildman–Crippen MR) is 299 cm³/mol. The van der Waals surface area contributed by atoms with Crippen LogP contribution in [0.2, 0.25) is 0 Å². The van der Waals surface area contributed by atoms with Crippen LogP contribution in [-0.2, 0) is 16.2 Å².